The van der Waals surface area contributed by atoms with Crippen molar-refractivity contribution >= 4 is 28.4 Å². The number of H-pyrrole nitrogens is 1. The molecule has 1 N–H and O–H groups in total. The highest BCUT2D eigenvalue weighted by Gasteiger charge is 2.40. The van der Waals surface area contributed by atoms with E-state index >= 15 is 0 Å². The number of hydrogen-bond acceptors (Lipinski definition) is 2. The molecule has 22 heavy (non-hydrogen) atoms. The lowest BCUT2D eigenvalue weighted by molar-refractivity contribution is -0.143. The van der Waals surface area contributed by atoms with Gasteiger partial charge in [-0.15, -0.1) is 0 Å². The molecule has 4 nitrogen and oxygen atoms in total. The van der Waals surface area contributed by atoms with Crippen molar-refractivity contribution in [2.24, 2.45) is 0 Å². The summed E-state index contributed by atoms with van der Waals surface area (Å²) in [5.41, 5.74) is 2.06. The van der Waals surface area contributed by atoms with Gasteiger partial charge in [0.2, 0.25) is 5.91 Å². The maximum Gasteiger partial charge on any atom is 0.239 e. The standard InChI is InChI=1S/C17H20ClN3O/c1-11-17(22)21-8-4-5-12(21)9-20(11)10-15-16(18)13-6-2-3-7-14(13)19-15/h2-3,6-7,11-12,19H,4-5,8-10H2,1H3/t11-,12-/m1/s1. The molecule has 2 aliphatic rings. The molecule has 2 aromatic rings. The first-order chi connectivity index (χ1) is 10.6. The topological polar surface area (TPSA) is 39.3 Å². The van der Waals surface area contributed by atoms with Gasteiger partial charge in [-0.05, 0) is 25.8 Å². The van der Waals surface area contributed by atoms with E-state index in [-0.39, 0.29) is 11.9 Å². The smallest absolute Gasteiger partial charge is 0.239 e. The molecule has 0 saturated carbocycles. The van der Waals surface area contributed by atoms with Gasteiger partial charge in [-0.1, -0.05) is 29.8 Å². The van der Waals surface area contributed by atoms with Crippen LogP contribution in [-0.2, 0) is 11.3 Å². The van der Waals surface area contributed by atoms with E-state index in [1.807, 2.05) is 31.2 Å². The van der Waals surface area contributed by atoms with Crippen LogP contribution >= 0.6 is 11.6 Å². The molecule has 0 unspecified atom stereocenters. The third kappa shape index (κ3) is 2.13. The Balaban J connectivity index is 1.61. The summed E-state index contributed by atoms with van der Waals surface area (Å²) in [4.78, 5) is 20.2. The molecular weight excluding hydrogens is 298 g/mol. The van der Waals surface area contributed by atoms with Crippen LogP contribution in [-0.4, -0.2) is 45.9 Å². The molecule has 2 aliphatic heterocycles. The number of carbonyl (C=O) groups excluding carboxylic acids is 1. The van der Waals surface area contributed by atoms with Gasteiger partial charge in [0.15, 0.2) is 0 Å². The number of para-hydroxylation sites is 1. The van der Waals surface area contributed by atoms with Crippen molar-refractivity contribution in [1.82, 2.24) is 14.8 Å². The van der Waals surface area contributed by atoms with E-state index in [0.717, 1.165) is 47.6 Å². The minimum atomic E-state index is -0.0724. The lowest BCUT2D eigenvalue weighted by atomic mass is 10.1. The van der Waals surface area contributed by atoms with Crippen LogP contribution in [0.3, 0.4) is 0 Å². The summed E-state index contributed by atoms with van der Waals surface area (Å²) in [6.07, 6.45) is 2.25. The first-order valence-electron chi connectivity index (χ1n) is 7.95. The minimum Gasteiger partial charge on any atom is -0.356 e. The van der Waals surface area contributed by atoms with Crippen molar-refractivity contribution in [2.45, 2.75) is 38.4 Å². The summed E-state index contributed by atoms with van der Waals surface area (Å²) in [7, 11) is 0. The van der Waals surface area contributed by atoms with E-state index < -0.39 is 0 Å². The second kappa shape index (κ2) is 5.28. The number of amides is 1. The van der Waals surface area contributed by atoms with Crippen molar-refractivity contribution in [2.75, 3.05) is 13.1 Å². The number of nitrogens with zero attached hydrogens (tertiary/aromatic N) is 2. The first-order valence-corrected chi connectivity index (χ1v) is 8.32. The van der Waals surface area contributed by atoms with Crippen molar-refractivity contribution in [3.05, 3.63) is 35.0 Å². The number of piperazine rings is 1. The highest BCUT2D eigenvalue weighted by atomic mass is 35.5. The third-order valence-electron chi connectivity index (χ3n) is 5.09. The van der Waals surface area contributed by atoms with Crippen molar-refractivity contribution in [3.8, 4) is 0 Å². The molecule has 116 valence electrons. The van der Waals surface area contributed by atoms with E-state index in [1.165, 1.54) is 0 Å². The molecule has 4 rings (SSSR count). The molecule has 0 aliphatic carbocycles. The van der Waals surface area contributed by atoms with Gasteiger partial charge in [-0.3, -0.25) is 9.69 Å². The van der Waals surface area contributed by atoms with Gasteiger partial charge in [-0.25, -0.2) is 0 Å². The Morgan fingerprint density at radius 1 is 1.36 bits per heavy atom. The van der Waals surface area contributed by atoms with E-state index in [0.29, 0.717) is 12.6 Å². The van der Waals surface area contributed by atoms with Crippen LogP contribution in [0.2, 0.25) is 5.02 Å². The highest BCUT2D eigenvalue weighted by molar-refractivity contribution is 6.36. The monoisotopic (exact) mass is 317 g/mol. The van der Waals surface area contributed by atoms with Crippen LogP contribution in [0.25, 0.3) is 10.9 Å². The van der Waals surface area contributed by atoms with Crippen LogP contribution in [0.4, 0.5) is 0 Å². The third-order valence-corrected chi connectivity index (χ3v) is 5.52. The Kier molecular flexibility index (Phi) is 3.39. The van der Waals surface area contributed by atoms with E-state index in [4.69, 9.17) is 11.6 Å². The summed E-state index contributed by atoms with van der Waals surface area (Å²) in [6, 6.07) is 8.37. The van der Waals surface area contributed by atoms with Gasteiger partial charge < -0.3 is 9.88 Å². The van der Waals surface area contributed by atoms with Gasteiger partial charge in [0.05, 0.1) is 11.1 Å². The Labute approximate surface area is 135 Å². The lowest BCUT2D eigenvalue weighted by Crippen LogP contribution is -2.58. The Morgan fingerprint density at radius 3 is 3.00 bits per heavy atom. The second-order valence-electron chi connectivity index (χ2n) is 6.40. The van der Waals surface area contributed by atoms with Crippen LogP contribution in [0, 0.1) is 0 Å². The zero-order valence-corrected chi connectivity index (χ0v) is 13.4. The largest absolute Gasteiger partial charge is 0.356 e. The molecule has 1 amide bonds. The molecule has 0 bridgehead atoms. The van der Waals surface area contributed by atoms with Gasteiger partial charge in [0, 0.05) is 42.3 Å². The second-order valence-corrected chi connectivity index (χ2v) is 6.77. The van der Waals surface area contributed by atoms with Gasteiger partial charge in [0.1, 0.15) is 0 Å². The normalized spacial score (nSPS) is 25.9. The number of fused-ring (bicyclic) bond motifs is 2. The molecule has 3 heterocycles. The van der Waals surface area contributed by atoms with E-state index in [2.05, 4.69) is 14.8 Å². The Bertz CT molecular complexity index is 726. The summed E-state index contributed by atoms with van der Waals surface area (Å²) in [5.74, 6) is 0.265. The molecule has 2 atom stereocenters. The van der Waals surface area contributed by atoms with Crippen molar-refractivity contribution < 1.29 is 4.79 Å². The van der Waals surface area contributed by atoms with Gasteiger partial charge >= 0.3 is 0 Å². The molecule has 2 saturated heterocycles. The zero-order valence-electron chi connectivity index (χ0n) is 12.7. The van der Waals surface area contributed by atoms with Gasteiger partial charge in [0.25, 0.3) is 0 Å². The predicted octanol–water partition coefficient (Wildman–Crippen LogP) is 3.02. The summed E-state index contributed by atoms with van der Waals surface area (Å²) in [5, 5.41) is 1.83. The van der Waals surface area contributed by atoms with Crippen LogP contribution < -0.4 is 0 Å². The molecule has 2 fully saturated rings. The summed E-state index contributed by atoms with van der Waals surface area (Å²) < 4.78 is 0. The van der Waals surface area contributed by atoms with Crippen LogP contribution in [0.5, 0.6) is 0 Å². The molecule has 1 aromatic carbocycles. The van der Waals surface area contributed by atoms with Crippen LogP contribution in [0.1, 0.15) is 25.5 Å². The fraction of sp³-hybridized carbons (Fsp3) is 0.471. The van der Waals surface area contributed by atoms with Crippen molar-refractivity contribution in [3.63, 3.8) is 0 Å². The quantitative estimate of drug-likeness (QED) is 0.925. The maximum absolute atomic E-state index is 12.5. The Morgan fingerprint density at radius 2 is 2.18 bits per heavy atom. The maximum atomic E-state index is 12.5. The fourth-order valence-electron chi connectivity index (χ4n) is 3.82. The molecule has 0 radical (unpaired) electrons. The van der Waals surface area contributed by atoms with Crippen molar-refractivity contribution in [1.29, 1.82) is 0 Å². The highest BCUT2D eigenvalue weighted by Crippen LogP contribution is 2.31. The number of nitrogens with one attached hydrogen (secondary N) is 1. The van der Waals surface area contributed by atoms with E-state index in [9.17, 15) is 4.79 Å². The summed E-state index contributed by atoms with van der Waals surface area (Å²) in [6.45, 7) is 4.58. The number of halogens is 1. The minimum absolute atomic E-state index is 0.0724. The fourth-order valence-corrected chi connectivity index (χ4v) is 4.09. The lowest BCUT2D eigenvalue weighted by Gasteiger charge is -2.41. The molecule has 0 spiro atoms. The first kappa shape index (κ1) is 14.1. The van der Waals surface area contributed by atoms with Gasteiger partial charge in [-0.2, -0.15) is 0 Å². The SMILES string of the molecule is C[C@@H]1C(=O)N2CCC[C@@H]2CN1Cc1[nH]c2ccccc2c1Cl. The average molecular weight is 318 g/mol. The number of hydrogen-bond donors (Lipinski definition) is 1. The molecule has 1 aromatic heterocycles. The average Bonchev–Trinajstić information content (AvgIpc) is 3.11. The van der Waals surface area contributed by atoms with E-state index in [1.54, 1.807) is 0 Å². The number of rotatable bonds is 2. The number of aromatic amines is 1. The summed E-state index contributed by atoms with van der Waals surface area (Å²) >= 11 is 6.52. The predicted molar refractivity (Wildman–Crippen MR) is 87.9 cm³/mol. The number of carbonyl (C=O) groups is 1. The zero-order chi connectivity index (χ0) is 15.3. The molecular formula is C17H20ClN3O. The Hall–Kier alpha value is -1.52. The molecule has 5 heteroatoms. The number of benzene rings is 1. The number of aromatic nitrogens is 1. The van der Waals surface area contributed by atoms with Crippen LogP contribution in [0.15, 0.2) is 24.3 Å².